The molecule has 6 nitrogen and oxygen atoms in total. The number of carbonyl (C=O) groups is 1. The van der Waals surface area contributed by atoms with E-state index in [0.717, 1.165) is 19.3 Å². The van der Waals surface area contributed by atoms with Crippen LogP contribution in [0.1, 0.15) is 30.0 Å². The lowest BCUT2D eigenvalue weighted by Gasteiger charge is -2.26. The van der Waals surface area contributed by atoms with E-state index in [1.54, 1.807) is 24.2 Å². The summed E-state index contributed by atoms with van der Waals surface area (Å²) < 4.78 is 6.75. The van der Waals surface area contributed by atoms with Gasteiger partial charge in [0.2, 0.25) is 0 Å². The Bertz CT molecular complexity index is 668. The van der Waals surface area contributed by atoms with Gasteiger partial charge in [-0.2, -0.15) is 5.10 Å². The summed E-state index contributed by atoms with van der Waals surface area (Å²) in [5.74, 6) is 0. The fourth-order valence-electron chi connectivity index (χ4n) is 2.96. The van der Waals surface area contributed by atoms with Crippen molar-refractivity contribution in [3.05, 3.63) is 47.8 Å². The number of fused-ring (bicyclic) bond motifs is 1. The number of hydrogen-bond donors (Lipinski definition) is 2. The maximum absolute atomic E-state index is 12.2. The SMILES string of the molecule is COCCn1cc(NC(=O)NC2CCCc3ccccc32)cn1. The molecule has 2 amide bonds. The molecule has 23 heavy (non-hydrogen) atoms. The molecule has 1 aliphatic rings. The molecule has 2 N–H and O–H groups in total. The third-order valence-electron chi connectivity index (χ3n) is 4.09. The zero-order valence-corrected chi connectivity index (χ0v) is 13.3. The van der Waals surface area contributed by atoms with Gasteiger partial charge in [0.05, 0.1) is 31.1 Å². The number of ether oxygens (including phenoxy) is 1. The molecule has 1 aliphatic carbocycles. The Balaban J connectivity index is 1.59. The van der Waals surface area contributed by atoms with Gasteiger partial charge in [0.15, 0.2) is 0 Å². The van der Waals surface area contributed by atoms with Gasteiger partial charge in [-0.05, 0) is 30.4 Å². The maximum atomic E-state index is 12.2. The standard InChI is InChI=1S/C17H22N4O2/c1-23-10-9-21-12-14(11-18-21)19-17(22)20-16-8-4-6-13-5-2-3-7-15(13)16/h2-3,5,7,11-12,16H,4,6,8-10H2,1H3,(H2,19,20,22). The molecule has 0 saturated carbocycles. The zero-order chi connectivity index (χ0) is 16.1. The van der Waals surface area contributed by atoms with Crippen molar-refractivity contribution in [2.45, 2.75) is 31.8 Å². The Morgan fingerprint density at radius 3 is 3.17 bits per heavy atom. The molecule has 1 aromatic carbocycles. The normalized spacial score (nSPS) is 16.7. The second-order valence-electron chi connectivity index (χ2n) is 5.73. The van der Waals surface area contributed by atoms with Crippen molar-refractivity contribution in [3.63, 3.8) is 0 Å². The average molecular weight is 314 g/mol. The molecule has 1 heterocycles. The van der Waals surface area contributed by atoms with Crippen LogP contribution in [-0.2, 0) is 17.7 Å². The lowest BCUT2D eigenvalue weighted by atomic mass is 9.88. The first-order chi connectivity index (χ1) is 11.3. The monoisotopic (exact) mass is 314 g/mol. The predicted octanol–water partition coefficient (Wildman–Crippen LogP) is 2.73. The Hall–Kier alpha value is -2.34. The first-order valence-corrected chi connectivity index (χ1v) is 7.93. The van der Waals surface area contributed by atoms with Crippen LogP contribution in [-0.4, -0.2) is 29.5 Å². The highest BCUT2D eigenvalue weighted by Gasteiger charge is 2.21. The molecule has 1 unspecified atom stereocenters. The Kier molecular flexibility index (Phi) is 4.92. The van der Waals surface area contributed by atoms with Gasteiger partial charge in [-0.3, -0.25) is 4.68 Å². The van der Waals surface area contributed by atoms with Gasteiger partial charge >= 0.3 is 6.03 Å². The molecule has 6 heteroatoms. The largest absolute Gasteiger partial charge is 0.383 e. The van der Waals surface area contributed by atoms with Crippen LogP contribution in [0.2, 0.25) is 0 Å². The third kappa shape index (κ3) is 3.90. The molecular weight excluding hydrogens is 292 g/mol. The van der Waals surface area contributed by atoms with E-state index < -0.39 is 0 Å². The molecule has 0 spiro atoms. The Morgan fingerprint density at radius 2 is 2.30 bits per heavy atom. The van der Waals surface area contributed by atoms with Crippen molar-refractivity contribution >= 4 is 11.7 Å². The molecule has 0 radical (unpaired) electrons. The summed E-state index contributed by atoms with van der Waals surface area (Å²) in [6, 6.07) is 8.19. The van der Waals surface area contributed by atoms with Crippen LogP contribution in [0.3, 0.4) is 0 Å². The highest BCUT2D eigenvalue weighted by molar-refractivity contribution is 5.89. The van der Waals surface area contributed by atoms with Gasteiger partial charge in [0.25, 0.3) is 0 Å². The van der Waals surface area contributed by atoms with Crippen molar-refractivity contribution in [1.29, 1.82) is 0 Å². The summed E-state index contributed by atoms with van der Waals surface area (Å²) in [5, 5.41) is 10.1. The van der Waals surface area contributed by atoms with Gasteiger partial charge in [0.1, 0.15) is 0 Å². The Labute approximate surface area is 135 Å². The number of urea groups is 1. The lowest BCUT2D eigenvalue weighted by Crippen LogP contribution is -2.34. The third-order valence-corrected chi connectivity index (χ3v) is 4.09. The van der Waals surface area contributed by atoms with E-state index in [0.29, 0.717) is 18.8 Å². The summed E-state index contributed by atoms with van der Waals surface area (Å²) in [5.41, 5.74) is 3.24. The molecule has 2 aromatic rings. The van der Waals surface area contributed by atoms with E-state index in [1.165, 1.54) is 11.1 Å². The molecule has 0 bridgehead atoms. The fraction of sp³-hybridized carbons (Fsp3) is 0.412. The number of rotatable bonds is 5. The van der Waals surface area contributed by atoms with Gasteiger partial charge in [-0.15, -0.1) is 0 Å². The lowest BCUT2D eigenvalue weighted by molar-refractivity contribution is 0.183. The topological polar surface area (TPSA) is 68.2 Å². The molecule has 1 aromatic heterocycles. The van der Waals surface area contributed by atoms with E-state index >= 15 is 0 Å². The van der Waals surface area contributed by atoms with E-state index in [2.05, 4.69) is 33.9 Å². The van der Waals surface area contributed by atoms with E-state index in [4.69, 9.17) is 4.74 Å². The molecule has 0 aliphatic heterocycles. The van der Waals surface area contributed by atoms with Crippen molar-refractivity contribution in [2.75, 3.05) is 19.0 Å². The number of hydrogen-bond acceptors (Lipinski definition) is 3. The summed E-state index contributed by atoms with van der Waals surface area (Å²) in [7, 11) is 1.65. The van der Waals surface area contributed by atoms with Gasteiger partial charge in [-0.1, -0.05) is 24.3 Å². The van der Waals surface area contributed by atoms with E-state index in [9.17, 15) is 4.79 Å². The number of methoxy groups -OCH3 is 1. The van der Waals surface area contributed by atoms with Crippen molar-refractivity contribution < 1.29 is 9.53 Å². The predicted molar refractivity (Wildman–Crippen MR) is 88.4 cm³/mol. The van der Waals surface area contributed by atoms with Crippen LogP contribution in [0.4, 0.5) is 10.5 Å². The summed E-state index contributed by atoms with van der Waals surface area (Å²) in [4.78, 5) is 12.2. The van der Waals surface area contributed by atoms with Crippen LogP contribution in [0.5, 0.6) is 0 Å². The highest BCUT2D eigenvalue weighted by Crippen LogP contribution is 2.29. The first kappa shape index (κ1) is 15.6. The number of nitrogens with zero attached hydrogens (tertiary/aromatic N) is 2. The minimum absolute atomic E-state index is 0.0727. The number of benzene rings is 1. The molecule has 3 rings (SSSR count). The molecule has 122 valence electrons. The smallest absolute Gasteiger partial charge is 0.319 e. The second kappa shape index (κ2) is 7.28. The van der Waals surface area contributed by atoms with Crippen LogP contribution in [0.15, 0.2) is 36.7 Å². The minimum atomic E-state index is -0.196. The first-order valence-electron chi connectivity index (χ1n) is 7.93. The van der Waals surface area contributed by atoms with Gasteiger partial charge < -0.3 is 15.4 Å². The molecule has 0 saturated heterocycles. The zero-order valence-electron chi connectivity index (χ0n) is 13.3. The fourth-order valence-corrected chi connectivity index (χ4v) is 2.96. The number of nitrogens with one attached hydrogen (secondary N) is 2. The quantitative estimate of drug-likeness (QED) is 0.891. The van der Waals surface area contributed by atoms with Crippen LogP contribution < -0.4 is 10.6 Å². The van der Waals surface area contributed by atoms with Gasteiger partial charge in [-0.25, -0.2) is 4.79 Å². The van der Waals surface area contributed by atoms with Gasteiger partial charge in [0, 0.05) is 13.3 Å². The molecule has 1 atom stereocenters. The van der Waals surface area contributed by atoms with Crippen LogP contribution >= 0.6 is 0 Å². The Morgan fingerprint density at radius 1 is 1.43 bits per heavy atom. The number of carbonyl (C=O) groups excluding carboxylic acids is 1. The minimum Gasteiger partial charge on any atom is -0.383 e. The number of amides is 2. The summed E-state index contributed by atoms with van der Waals surface area (Å²) >= 11 is 0. The number of aryl methyl sites for hydroxylation is 1. The van der Waals surface area contributed by atoms with E-state index in [-0.39, 0.29) is 12.1 Å². The van der Waals surface area contributed by atoms with Crippen molar-refractivity contribution in [2.24, 2.45) is 0 Å². The number of anilines is 1. The maximum Gasteiger partial charge on any atom is 0.319 e. The summed E-state index contributed by atoms with van der Waals surface area (Å²) in [6.45, 7) is 1.25. The average Bonchev–Trinajstić information content (AvgIpc) is 3.00. The van der Waals surface area contributed by atoms with Crippen molar-refractivity contribution in [3.8, 4) is 0 Å². The van der Waals surface area contributed by atoms with Crippen LogP contribution in [0.25, 0.3) is 0 Å². The van der Waals surface area contributed by atoms with Crippen LogP contribution in [0, 0.1) is 0 Å². The summed E-state index contributed by atoms with van der Waals surface area (Å²) in [6.07, 6.45) is 6.59. The molecule has 0 fully saturated rings. The highest BCUT2D eigenvalue weighted by atomic mass is 16.5. The number of aromatic nitrogens is 2. The molecular formula is C17H22N4O2. The second-order valence-corrected chi connectivity index (χ2v) is 5.73. The van der Waals surface area contributed by atoms with E-state index in [1.807, 2.05) is 6.07 Å². The van der Waals surface area contributed by atoms with Crippen molar-refractivity contribution in [1.82, 2.24) is 15.1 Å².